The average Bonchev–Trinajstić information content (AvgIpc) is 2.81. The Labute approximate surface area is 145 Å². The molecule has 2 rings (SSSR count). The van der Waals surface area contributed by atoms with Crippen LogP contribution in [0.5, 0.6) is 0 Å². The first-order chi connectivity index (χ1) is 11.2. The number of benzene rings is 1. The van der Waals surface area contributed by atoms with Gasteiger partial charge in [0.25, 0.3) is 15.0 Å². The third kappa shape index (κ3) is 4.15. The predicted molar refractivity (Wildman–Crippen MR) is 91.3 cm³/mol. The van der Waals surface area contributed by atoms with Crippen molar-refractivity contribution < 1.29 is 18.0 Å². The Morgan fingerprint density at radius 2 is 2.08 bits per heavy atom. The molecule has 6 nitrogen and oxygen atoms in total. The normalized spacial score (nSPS) is 15.1. The van der Waals surface area contributed by atoms with Crippen LogP contribution in [-0.4, -0.2) is 38.3 Å². The van der Waals surface area contributed by atoms with Crippen LogP contribution in [0.3, 0.4) is 0 Å². The predicted octanol–water partition coefficient (Wildman–Crippen LogP) is 2.43. The lowest BCUT2D eigenvalue weighted by Crippen LogP contribution is -2.42. The zero-order valence-electron chi connectivity index (χ0n) is 13.5. The second-order valence-electron chi connectivity index (χ2n) is 5.57. The first-order valence-corrected chi connectivity index (χ1v) is 9.87. The minimum atomic E-state index is -3.78. The lowest BCUT2D eigenvalue weighted by atomic mass is 10.1. The summed E-state index contributed by atoms with van der Waals surface area (Å²) in [7, 11) is 1.54. The molecule has 0 fully saturated rings. The molecule has 0 aliphatic carbocycles. The minimum Gasteiger partial charge on any atom is -0.337 e. The summed E-state index contributed by atoms with van der Waals surface area (Å²) in [5.41, 5.74) is 2.33. The topological polar surface area (TPSA) is 83.6 Å². The summed E-state index contributed by atoms with van der Waals surface area (Å²) in [6.07, 6.45) is 1.04. The maximum Gasteiger partial charge on any atom is 0.324 e. The van der Waals surface area contributed by atoms with Crippen molar-refractivity contribution in [2.75, 3.05) is 13.1 Å². The van der Waals surface area contributed by atoms with Crippen LogP contribution in [-0.2, 0) is 20.3 Å². The van der Waals surface area contributed by atoms with Gasteiger partial charge in [-0.2, -0.15) is 0 Å². The molecule has 0 atom stereocenters. The van der Waals surface area contributed by atoms with Crippen molar-refractivity contribution in [3.05, 3.63) is 41.0 Å². The molecule has 3 amide bonds. The summed E-state index contributed by atoms with van der Waals surface area (Å²) in [4.78, 5) is 25.4. The van der Waals surface area contributed by atoms with E-state index in [4.69, 9.17) is 10.7 Å². The molecule has 1 aromatic carbocycles. The van der Waals surface area contributed by atoms with Crippen LogP contribution >= 0.6 is 10.7 Å². The van der Waals surface area contributed by atoms with E-state index in [1.807, 2.05) is 13.8 Å². The van der Waals surface area contributed by atoms with Gasteiger partial charge in [-0.3, -0.25) is 9.69 Å². The van der Waals surface area contributed by atoms with Crippen LogP contribution < -0.4 is 5.32 Å². The SMILES string of the molecule is CCC1=C(C)CN(C(=O)NCCc2cccc(S(=O)(=O)Cl)c2)C1=O. The number of carbonyl (C=O) groups excluding carboxylic acids is 2. The summed E-state index contributed by atoms with van der Waals surface area (Å²) < 4.78 is 22.6. The van der Waals surface area contributed by atoms with Gasteiger partial charge < -0.3 is 5.32 Å². The van der Waals surface area contributed by atoms with E-state index >= 15 is 0 Å². The maximum absolute atomic E-state index is 12.1. The molecule has 0 saturated heterocycles. The molecule has 1 heterocycles. The fraction of sp³-hybridized carbons (Fsp3) is 0.375. The molecule has 0 spiro atoms. The van der Waals surface area contributed by atoms with E-state index in [0.717, 1.165) is 11.1 Å². The third-order valence-corrected chi connectivity index (χ3v) is 5.23. The number of halogens is 1. The summed E-state index contributed by atoms with van der Waals surface area (Å²) in [5.74, 6) is -0.247. The highest BCUT2D eigenvalue weighted by Gasteiger charge is 2.31. The second-order valence-corrected chi connectivity index (χ2v) is 8.14. The van der Waals surface area contributed by atoms with Gasteiger partial charge >= 0.3 is 6.03 Å². The Hall–Kier alpha value is -1.86. The molecule has 0 unspecified atom stereocenters. The Morgan fingerprint density at radius 3 is 2.67 bits per heavy atom. The van der Waals surface area contributed by atoms with Crippen molar-refractivity contribution in [3.8, 4) is 0 Å². The van der Waals surface area contributed by atoms with Gasteiger partial charge in [0.1, 0.15) is 0 Å². The van der Waals surface area contributed by atoms with Crippen molar-refractivity contribution in [2.24, 2.45) is 0 Å². The van der Waals surface area contributed by atoms with E-state index in [2.05, 4.69) is 5.32 Å². The van der Waals surface area contributed by atoms with Crippen LogP contribution in [0.4, 0.5) is 4.79 Å². The molecule has 1 aliphatic heterocycles. The van der Waals surface area contributed by atoms with Gasteiger partial charge in [0.2, 0.25) is 0 Å². The molecule has 0 saturated carbocycles. The number of carbonyl (C=O) groups is 2. The second kappa shape index (κ2) is 7.36. The van der Waals surface area contributed by atoms with Gasteiger partial charge in [-0.1, -0.05) is 19.1 Å². The van der Waals surface area contributed by atoms with Gasteiger partial charge in [0.15, 0.2) is 0 Å². The number of rotatable bonds is 5. The zero-order chi connectivity index (χ0) is 17.9. The highest BCUT2D eigenvalue weighted by molar-refractivity contribution is 8.13. The quantitative estimate of drug-likeness (QED) is 0.807. The Bertz CT molecular complexity index is 802. The highest BCUT2D eigenvalue weighted by Crippen LogP contribution is 2.21. The Kier molecular flexibility index (Phi) is 5.66. The fourth-order valence-electron chi connectivity index (χ4n) is 2.63. The van der Waals surface area contributed by atoms with Crippen LogP contribution in [0.1, 0.15) is 25.8 Å². The van der Waals surface area contributed by atoms with Crippen molar-refractivity contribution in [2.45, 2.75) is 31.6 Å². The molecule has 130 valence electrons. The molecule has 0 radical (unpaired) electrons. The van der Waals surface area contributed by atoms with Crippen LogP contribution in [0.25, 0.3) is 0 Å². The number of nitrogens with zero attached hydrogens (tertiary/aromatic N) is 1. The highest BCUT2D eigenvalue weighted by atomic mass is 35.7. The number of imide groups is 1. The molecule has 24 heavy (non-hydrogen) atoms. The molecule has 1 N–H and O–H groups in total. The molecule has 0 aromatic heterocycles. The van der Waals surface area contributed by atoms with Crippen molar-refractivity contribution >= 4 is 31.7 Å². The lowest BCUT2D eigenvalue weighted by Gasteiger charge is -2.16. The smallest absolute Gasteiger partial charge is 0.324 e. The van der Waals surface area contributed by atoms with Gasteiger partial charge in [-0.05, 0) is 43.0 Å². The zero-order valence-corrected chi connectivity index (χ0v) is 15.1. The number of hydrogen-bond acceptors (Lipinski definition) is 4. The summed E-state index contributed by atoms with van der Waals surface area (Å²) >= 11 is 0. The maximum atomic E-state index is 12.1. The van der Waals surface area contributed by atoms with E-state index in [0.29, 0.717) is 25.0 Å². The average molecular weight is 371 g/mol. The summed E-state index contributed by atoms with van der Waals surface area (Å²) in [6.45, 7) is 4.33. The molecule has 0 bridgehead atoms. The van der Waals surface area contributed by atoms with E-state index in [1.165, 1.54) is 17.0 Å². The van der Waals surface area contributed by atoms with Crippen LogP contribution in [0, 0.1) is 0 Å². The van der Waals surface area contributed by atoms with Gasteiger partial charge in [0.05, 0.1) is 11.4 Å². The van der Waals surface area contributed by atoms with Crippen LogP contribution in [0.2, 0.25) is 0 Å². The van der Waals surface area contributed by atoms with Crippen molar-refractivity contribution in [1.29, 1.82) is 0 Å². The third-order valence-electron chi connectivity index (χ3n) is 3.88. The summed E-state index contributed by atoms with van der Waals surface area (Å²) in [6, 6.07) is 5.78. The van der Waals surface area contributed by atoms with Gasteiger partial charge in [-0.25, -0.2) is 13.2 Å². The van der Waals surface area contributed by atoms with Crippen molar-refractivity contribution in [1.82, 2.24) is 10.2 Å². The number of amides is 3. The van der Waals surface area contributed by atoms with E-state index in [1.54, 1.807) is 12.1 Å². The fourth-order valence-corrected chi connectivity index (χ4v) is 3.45. The van der Waals surface area contributed by atoms with E-state index < -0.39 is 15.1 Å². The standard InChI is InChI=1S/C16H19ClN2O4S/c1-3-14-11(2)10-19(15(14)20)16(21)18-8-7-12-5-4-6-13(9-12)24(17,22)23/h4-6,9H,3,7-8,10H2,1-2H3,(H,18,21). The number of urea groups is 1. The Morgan fingerprint density at radius 1 is 1.38 bits per heavy atom. The molecule has 1 aliphatic rings. The first kappa shape index (κ1) is 18.5. The van der Waals surface area contributed by atoms with Crippen molar-refractivity contribution in [3.63, 3.8) is 0 Å². The summed E-state index contributed by atoms with van der Waals surface area (Å²) in [5, 5.41) is 2.68. The van der Waals surface area contributed by atoms with Gasteiger partial charge in [0, 0.05) is 22.8 Å². The number of nitrogens with one attached hydrogen (secondary N) is 1. The molecular formula is C16H19ClN2O4S. The first-order valence-electron chi connectivity index (χ1n) is 7.56. The Balaban J connectivity index is 1.92. The van der Waals surface area contributed by atoms with Gasteiger partial charge in [-0.15, -0.1) is 0 Å². The lowest BCUT2D eigenvalue weighted by molar-refractivity contribution is -0.123. The largest absolute Gasteiger partial charge is 0.337 e. The van der Waals surface area contributed by atoms with Crippen LogP contribution in [0.15, 0.2) is 40.3 Å². The molecule has 1 aromatic rings. The van der Waals surface area contributed by atoms with E-state index in [9.17, 15) is 18.0 Å². The number of hydrogen-bond donors (Lipinski definition) is 1. The molecule has 8 heteroatoms. The monoisotopic (exact) mass is 370 g/mol. The minimum absolute atomic E-state index is 0.0233. The van der Waals surface area contributed by atoms with E-state index in [-0.39, 0.29) is 17.3 Å². The molecular weight excluding hydrogens is 352 g/mol.